The normalized spacial score (nSPS) is 40.5. The molecular formula is C20H30N2O2. The molecule has 1 heterocycles. The number of rotatable bonds is 1. The highest BCUT2D eigenvalue weighted by Crippen LogP contribution is 2.37. The van der Waals surface area contributed by atoms with Gasteiger partial charge in [-0.25, -0.2) is 0 Å². The Bertz CT molecular complexity index is 566. The number of fused-ring (bicyclic) bond motifs is 2. The number of aliphatic hydroxyl groups excluding tert-OH is 1. The van der Waals surface area contributed by atoms with E-state index < -0.39 is 0 Å². The molecule has 0 aromatic heterocycles. The maximum absolute atomic E-state index is 12.9. The third kappa shape index (κ3) is 3.17. The van der Waals surface area contributed by atoms with Crippen LogP contribution in [-0.2, 0) is 4.79 Å². The van der Waals surface area contributed by atoms with E-state index in [-0.39, 0.29) is 24.0 Å². The van der Waals surface area contributed by atoms with Crippen LogP contribution in [0.5, 0.6) is 0 Å². The third-order valence-corrected chi connectivity index (χ3v) is 6.46. The monoisotopic (exact) mass is 330 g/mol. The summed E-state index contributed by atoms with van der Waals surface area (Å²) in [5, 5.41) is 13.5. The molecule has 1 aliphatic heterocycles. The van der Waals surface area contributed by atoms with E-state index in [1.165, 1.54) is 30.5 Å². The smallest absolute Gasteiger partial charge is 0.229 e. The van der Waals surface area contributed by atoms with Gasteiger partial charge in [0, 0.05) is 17.3 Å². The van der Waals surface area contributed by atoms with Crippen molar-refractivity contribution in [2.24, 2.45) is 16.8 Å². The largest absolute Gasteiger partial charge is 0.393 e. The van der Waals surface area contributed by atoms with E-state index in [0.717, 1.165) is 63.5 Å². The molecule has 3 fully saturated rings. The van der Waals surface area contributed by atoms with E-state index in [1.807, 2.05) is 0 Å². The number of hydrogen-bond acceptors (Lipinski definition) is 3. The van der Waals surface area contributed by atoms with Crippen molar-refractivity contribution < 1.29 is 9.90 Å². The van der Waals surface area contributed by atoms with Gasteiger partial charge in [-0.05, 0) is 63.4 Å². The van der Waals surface area contributed by atoms with Crippen molar-refractivity contribution in [1.82, 2.24) is 5.32 Å². The van der Waals surface area contributed by atoms with Crippen LogP contribution in [0.2, 0.25) is 0 Å². The van der Waals surface area contributed by atoms with Crippen molar-refractivity contribution in [3.05, 3.63) is 11.3 Å². The zero-order valence-electron chi connectivity index (χ0n) is 14.6. The molecule has 0 bridgehead atoms. The van der Waals surface area contributed by atoms with Crippen molar-refractivity contribution in [3.8, 4) is 0 Å². The van der Waals surface area contributed by atoms with E-state index >= 15 is 0 Å². The Morgan fingerprint density at radius 2 is 1.79 bits per heavy atom. The average Bonchev–Trinajstić information content (AvgIpc) is 2.59. The first-order chi connectivity index (χ1) is 11.7. The highest BCUT2D eigenvalue weighted by Gasteiger charge is 2.36. The first-order valence-electron chi connectivity index (χ1n) is 10.0. The quantitative estimate of drug-likeness (QED) is 0.773. The zero-order chi connectivity index (χ0) is 16.5. The Morgan fingerprint density at radius 3 is 2.67 bits per heavy atom. The van der Waals surface area contributed by atoms with Gasteiger partial charge in [0.25, 0.3) is 0 Å². The molecule has 4 heteroatoms. The molecule has 132 valence electrons. The molecular weight excluding hydrogens is 300 g/mol. The summed E-state index contributed by atoms with van der Waals surface area (Å²) in [5.41, 5.74) is 3.71. The molecule has 4 aliphatic rings. The first-order valence-corrected chi connectivity index (χ1v) is 10.0. The van der Waals surface area contributed by atoms with E-state index in [4.69, 9.17) is 4.99 Å². The van der Waals surface area contributed by atoms with E-state index in [0.29, 0.717) is 5.92 Å². The van der Waals surface area contributed by atoms with Gasteiger partial charge in [-0.1, -0.05) is 19.3 Å². The van der Waals surface area contributed by atoms with Crippen LogP contribution in [0.1, 0.15) is 77.0 Å². The van der Waals surface area contributed by atoms with Crippen molar-refractivity contribution in [2.75, 3.05) is 0 Å². The molecule has 2 N–H and O–H groups in total. The molecule has 4 unspecified atom stereocenters. The van der Waals surface area contributed by atoms with Crippen molar-refractivity contribution in [2.45, 2.75) is 89.2 Å². The van der Waals surface area contributed by atoms with Crippen molar-refractivity contribution in [3.63, 3.8) is 0 Å². The summed E-state index contributed by atoms with van der Waals surface area (Å²) in [6, 6.07) is 0.195. The van der Waals surface area contributed by atoms with E-state index in [2.05, 4.69) is 5.32 Å². The van der Waals surface area contributed by atoms with Gasteiger partial charge in [-0.3, -0.25) is 9.79 Å². The van der Waals surface area contributed by atoms with E-state index in [9.17, 15) is 9.90 Å². The lowest BCUT2D eigenvalue weighted by Gasteiger charge is -2.37. The summed E-state index contributed by atoms with van der Waals surface area (Å²) < 4.78 is 0. The molecule has 0 aromatic rings. The van der Waals surface area contributed by atoms with Crippen molar-refractivity contribution >= 4 is 11.6 Å². The number of hydrogen-bond donors (Lipinski definition) is 2. The zero-order valence-corrected chi connectivity index (χ0v) is 14.6. The number of nitrogens with one attached hydrogen (secondary N) is 1. The Hall–Kier alpha value is -1.16. The van der Waals surface area contributed by atoms with Crippen molar-refractivity contribution in [1.29, 1.82) is 0 Å². The Kier molecular flexibility index (Phi) is 4.75. The Balaban J connectivity index is 1.72. The predicted octanol–water partition coefficient (Wildman–Crippen LogP) is 3.50. The average molecular weight is 330 g/mol. The number of aliphatic hydroxyl groups is 1. The van der Waals surface area contributed by atoms with Crippen LogP contribution in [0.4, 0.5) is 0 Å². The van der Waals surface area contributed by atoms with Gasteiger partial charge < -0.3 is 10.4 Å². The summed E-state index contributed by atoms with van der Waals surface area (Å²) in [6.45, 7) is 0. The Labute approximate surface area is 144 Å². The maximum Gasteiger partial charge on any atom is 0.229 e. The molecule has 4 rings (SSSR count). The second-order valence-corrected chi connectivity index (χ2v) is 8.14. The highest BCUT2D eigenvalue weighted by atomic mass is 16.3. The summed E-state index contributed by atoms with van der Waals surface area (Å²) in [7, 11) is 0. The lowest BCUT2D eigenvalue weighted by molar-refractivity contribution is -0.126. The van der Waals surface area contributed by atoms with Gasteiger partial charge in [0.15, 0.2) is 0 Å². The van der Waals surface area contributed by atoms with E-state index in [1.54, 1.807) is 0 Å². The lowest BCUT2D eigenvalue weighted by Crippen LogP contribution is -2.43. The van der Waals surface area contributed by atoms with Crippen LogP contribution in [0.25, 0.3) is 0 Å². The molecule has 0 spiro atoms. The number of amides is 1. The van der Waals surface area contributed by atoms with Gasteiger partial charge >= 0.3 is 0 Å². The molecule has 0 radical (unpaired) electrons. The molecule has 3 saturated carbocycles. The van der Waals surface area contributed by atoms with Crippen LogP contribution < -0.4 is 5.32 Å². The fourth-order valence-electron chi connectivity index (χ4n) is 5.17. The molecule has 0 aromatic carbocycles. The number of aliphatic imine (C=N–C) groups is 1. The molecule has 4 atom stereocenters. The van der Waals surface area contributed by atoms with Gasteiger partial charge in [-0.15, -0.1) is 0 Å². The predicted molar refractivity (Wildman–Crippen MR) is 94.8 cm³/mol. The highest BCUT2D eigenvalue weighted by molar-refractivity contribution is 6.03. The summed E-state index contributed by atoms with van der Waals surface area (Å²) in [4.78, 5) is 18.1. The topological polar surface area (TPSA) is 61.7 Å². The maximum atomic E-state index is 12.9. The molecule has 1 amide bonds. The van der Waals surface area contributed by atoms with Gasteiger partial charge in [-0.2, -0.15) is 0 Å². The minimum atomic E-state index is -0.217. The molecule has 24 heavy (non-hydrogen) atoms. The third-order valence-electron chi connectivity index (χ3n) is 6.46. The van der Waals surface area contributed by atoms with Gasteiger partial charge in [0.1, 0.15) is 0 Å². The molecule has 0 saturated heterocycles. The van der Waals surface area contributed by atoms with Crippen LogP contribution >= 0.6 is 0 Å². The summed E-state index contributed by atoms with van der Waals surface area (Å²) in [5.74, 6) is 0.546. The number of carbonyl (C=O) groups is 1. The SMILES string of the molecule is O=C1N/C(C2CCCC(O)C2)=C2/CCCCC2=NC2CCCCC12. The summed E-state index contributed by atoms with van der Waals surface area (Å²) >= 11 is 0. The minimum absolute atomic E-state index is 0.0539. The number of nitrogens with zero attached hydrogens (tertiary/aromatic N) is 1. The Morgan fingerprint density at radius 1 is 0.958 bits per heavy atom. The standard InChI is InChI=1S/C20H30N2O2/c23-14-7-5-6-13(12-14)19-15-8-1-3-10-17(15)21-18-11-4-2-9-16(18)20(24)22-19/h13-14,16,18,23H,1-12H2,(H,22,24)/b19-15-,21-17?. The number of carbonyl (C=O) groups excluding carboxylic acids is 1. The molecule has 4 nitrogen and oxygen atoms in total. The fraction of sp³-hybridized carbons (Fsp3) is 0.800. The second-order valence-electron chi connectivity index (χ2n) is 8.14. The van der Waals surface area contributed by atoms with Crippen LogP contribution in [0.15, 0.2) is 16.3 Å². The lowest BCUT2D eigenvalue weighted by atomic mass is 9.78. The fourth-order valence-corrected chi connectivity index (χ4v) is 5.17. The van der Waals surface area contributed by atoms with Crippen LogP contribution in [0, 0.1) is 11.8 Å². The van der Waals surface area contributed by atoms with Crippen LogP contribution in [-0.4, -0.2) is 28.9 Å². The number of allylic oxidation sites excluding steroid dienone is 2. The minimum Gasteiger partial charge on any atom is -0.393 e. The van der Waals surface area contributed by atoms with Crippen LogP contribution in [0.3, 0.4) is 0 Å². The molecule has 3 aliphatic carbocycles. The first kappa shape index (κ1) is 16.3. The van der Waals surface area contributed by atoms with Gasteiger partial charge in [0.2, 0.25) is 5.91 Å². The van der Waals surface area contributed by atoms with Gasteiger partial charge in [0.05, 0.1) is 18.1 Å². The second kappa shape index (κ2) is 6.99. The summed E-state index contributed by atoms with van der Waals surface area (Å²) in [6.07, 6.45) is 12.5.